The number of halogens is 4. The first-order chi connectivity index (χ1) is 22.0. The number of piperazine rings is 1. The van der Waals surface area contributed by atoms with Crippen molar-refractivity contribution in [3.63, 3.8) is 0 Å². The monoisotopic (exact) mass is 695 g/mol. The molecule has 5 atom stereocenters. The molecule has 0 saturated carbocycles. The number of methoxy groups -OCH3 is 1. The summed E-state index contributed by atoms with van der Waals surface area (Å²) in [6.45, 7) is 0.790. The molecule has 2 saturated heterocycles. The number of amides is 2. The number of carbonyl (C=O) groups is 2. The third kappa shape index (κ3) is 7.77. The van der Waals surface area contributed by atoms with Crippen LogP contribution in [0.3, 0.4) is 0 Å². The largest absolute Gasteiger partial charge is 0.453 e. The topological polar surface area (TPSA) is 130 Å². The maximum absolute atomic E-state index is 15.3. The van der Waals surface area contributed by atoms with Gasteiger partial charge in [-0.15, -0.1) is 0 Å². The van der Waals surface area contributed by atoms with Crippen molar-refractivity contribution in [2.24, 2.45) is 0 Å². The molecular formula is C31H33Cl2F2N5O5S. The lowest BCUT2D eigenvalue weighted by Crippen LogP contribution is -2.57. The number of pyridine rings is 1. The number of nitrogens with zero attached hydrogens (tertiary/aromatic N) is 2. The van der Waals surface area contributed by atoms with Crippen LogP contribution in [-0.4, -0.2) is 73.8 Å². The van der Waals surface area contributed by atoms with Crippen molar-refractivity contribution in [3.8, 4) is 0 Å². The van der Waals surface area contributed by atoms with Gasteiger partial charge in [-0.3, -0.25) is 9.78 Å². The first-order valence-corrected chi connectivity index (χ1v) is 17.0. The molecule has 3 N–H and O–H groups in total. The Labute approximate surface area is 275 Å². The fourth-order valence-electron chi connectivity index (χ4n) is 6.06. The summed E-state index contributed by atoms with van der Waals surface area (Å²) in [5.41, 5.74) is 0.934. The highest BCUT2D eigenvalue weighted by molar-refractivity contribution is 7.89. The van der Waals surface area contributed by atoms with E-state index < -0.39 is 51.7 Å². The van der Waals surface area contributed by atoms with Gasteiger partial charge in [-0.05, 0) is 67.1 Å². The number of fused-ring (bicyclic) bond motifs is 2. The van der Waals surface area contributed by atoms with Crippen LogP contribution in [0.4, 0.5) is 19.3 Å². The van der Waals surface area contributed by atoms with Crippen LogP contribution in [0.15, 0.2) is 54.9 Å². The average Bonchev–Trinajstić information content (AvgIpc) is 3.13. The summed E-state index contributed by atoms with van der Waals surface area (Å²) >= 11 is 12.1. The zero-order chi connectivity index (χ0) is 33.0. The highest BCUT2D eigenvalue weighted by Gasteiger charge is 2.38. The molecule has 2 aliphatic rings. The molecule has 10 nitrogen and oxygen atoms in total. The van der Waals surface area contributed by atoms with E-state index in [1.54, 1.807) is 0 Å². The van der Waals surface area contributed by atoms with Crippen molar-refractivity contribution < 1.29 is 31.5 Å². The molecule has 15 heteroatoms. The van der Waals surface area contributed by atoms with Crippen LogP contribution < -0.4 is 16.0 Å². The molecule has 0 aliphatic carbocycles. The SMILES string of the molecule is COC(=O)NC(C(=O)Nc1cccc(F)c1CCC1CNC2CCCS(=O)(=O)N1C2)C(c1cncc(Cl)c1)c1ccc(Cl)c(F)c1. The van der Waals surface area contributed by atoms with E-state index in [-0.39, 0.29) is 45.1 Å². The maximum Gasteiger partial charge on any atom is 0.407 e. The molecule has 2 fully saturated rings. The summed E-state index contributed by atoms with van der Waals surface area (Å²) in [6, 6.07) is 7.94. The van der Waals surface area contributed by atoms with Gasteiger partial charge in [0.1, 0.15) is 17.7 Å². The summed E-state index contributed by atoms with van der Waals surface area (Å²) in [4.78, 5) is 30.7. The number of hydrogen-bond acceptors (Lipinski definition) is 7. The van der Waals surface area contributed by atoms with Gasteiger partial charge in [-0.1, -0.05) is 35.3 Å². The molecule has 5 rings (SSSR count). The van der Waals surface area contributed by atoms with Crippen molar-refractivity contribution >= 4 is 50.9 Å². The number of anilines is 1. The minimum atomic E-state index is -3.45. The Hall–Kier alpha value is -3.36. The van der Waals surface area contributed by atoms with Crippen LogP contribution in [0.5, 0.6) is 0 Å². The number of hydrogen-bond donors (Lipinski definition) is 3. The van der Waals surface area contributed by atoms with Gasteiger partial charge < -0.3 is 20.7 Å². The molecule has 2 bridgehead atoms. The molecule has 0 spiro atoms. The minimum Gasteiger partial charge on any atom is -0.453 e. The lowest BCUT2D eigenvalue weighted by Gasteiger charge is -2.37. The van der Waals surface area contributed by atoms with Crippen LogP contribution in [0.25, 0.3) is 0 Å². The number of aromatic nitrogens is 1. The highest BCUT2D eigenvalue weighted by atomic mass is 35.5. The number of nitrogens with one attached hydrogen (secondary N) is 3. The van der Waals surface area contributed by atoms with Crippen LogP contribution in [0.1, 0.15) is 41.9 Å². The number of rotatable bonds is 9. The van der Waals surface area contributed by atoms with Crippen LogP contribution >= 0.6 is 23.2 Å². The van der Waals surface area contributed by atoms with E-state index >= 15 is 4.39 Å². The molecule has 3 heterocycles. The van der Waals surface area contributed by atoms with Crippen LogP contribution in [0, 0.1) is 11.6 Å². The summed E-state index contributed by atoms with van der Waals surface area (Å²) in [7, 11) is -2.33. The van der Waals surface area contributed by atoms with E-state index in [0.29, 0.717) is 31.5 Å². The van der Waals surface area contributed by atoms with E-state index in [1.165, 1.54) is 53.1 Å². The van der Waals surface area contributed by atoms with Crippen molar-refractivity contribution in [2.45, 2.75) is 49.7 Å². The second-order valence-electron chi connectivity index (χ2n) is 11.3. The van der Waals surface area contributed by atoms with Crippen molar-refractivity contribution in [3.05, 3.63) is 93.2 Å². The van der Waals surface area contributed by atoms with E-state index in [9.17, 15) is 22.4 Å². The Morgan fingerprint density at radius 3 is 2.67 bits per heavy atom. The molecule has 0 radical (unpaired) electrons. The Kier molecular flexibility index (Phi) is 10.8. The van der Waals surface area contributed by atoms with Gasteiger partial charge in [0.15, 0.2) is 0 Å². The summed E-state index contributed by atoms with van der Waals surface area (Å²) in [6.07, 6.45) is 3.61. The van der Waals surface area contributed by atoms with Gasteiger partial charge in [0.05, 0.1) is 22.9 Å². The lowest BCUT2D eigenvalue weighted by atomic mass is 9.85. The summed E-state index contributed by atoms with van der Waals surface area (Å²) in [5, 5.41) is 8.74. The molecule has 2 amide bonds. The van der Waals surface area contributed by atoms with Gasteiger partial charge in [0.25, 0.3) is 0 Å². The van der Waals surface area contributed by atoms with E-state index in [4.69, 9.17) is 27.9 Å². The smallest absolute Gasteiger partial charge is 0.407 e. The molecule has 2 aliphatic heterocycles. The number of alkyl carbamates (subject to hydrolysis) is 1. The number of sulfonamides is 1. The summed E-state index contributed by atoms with van der Waals surface area (Å²) in [5.74, 6) is -3.08. The Morgan fingerprint density at radius 1 is 1.13 bits per heavy atom. The van der Waals surface area contributed by atoms with Gasteiger partial charge >= 0.3 is 6.09 Å². The minimum absolute atomic E-state index is 0.0676. The standard InChI is InChI=1S/C31H33Cl2F2N5O5S/c1-45-31(42)39-29(28(19-12-20(32)15-36-14-19)18-7-10-24(33)26(35)13-18)30(41)38-27-6-2-5-25(34)23(27)9-8-22-16-37-21-4-3-11-46(43,44)40(22)17-21/h2,5-7,10,12-15,21-22,28-29,37H,3-4,8-9,11,16-17H2,1H3,(H,38,41)(H,39,42). The van der Waals surface area contributed by atoms with Gasteiger partial charge in [0, 0.05) is 54.7 Å². The van der Waals surface area contributed by atoms with Gasteiger partial charge in [0.2, 0.25) is 15.9 Å². The lowest BCUT2D eigenvalue weighted by molar-refractivity contribution is -0.118. The third-order valence-corrected chi connectivity index (χ3v) is 10.8. The number of ether oxygens (including phenoxy) is 1. The van der Waals surface area contributed by atoms with E-state index in [1.807, 2.05) is 0 Å². The zero-order valence-corrected chi connectivity index (χ0v) is 27.1. The Morgan fingerprint density at radius 2 is 1.93 bits per heavy atom. The first-order valence-electron chi connectivity index (χ1n) is 14.7. The average molecular weight is 697 g/mol. The zero-order valence-electron chi connectivity index (χ0n) is 24.8. The molecule has 5 unspecified atom stereocenters. The van der Waals surface area contributed by atoms with Crippen molar-refractivity contribution in [1.29, 1.82) is 0 Å². The molecular weight excluding hydrogens is 663 g/mol. The third-order valence-electron chi connectivity index (χ3n) is 8.33. The Bertz CT molecular complexity index is 1720. The normalized spacial score (nSPS) is 21.8. The fraction of sp³-hybridized carbons (Fsp3) is 0.387. The van der Waals surface area contributed by atoms with Crippen molar-refractivity contribution in [2.75, 3.05) is 31.3 Å². The van der Waals surface area contributed by atoms with Crippen LogP contribution in [-0.2, 0) is 26.0 Å². The quantitative estimate of drug-likeness (QED) is 0.292. The van der Waals surface area contributed by atoms with E-state index in [0.717, 1.165) is 19.6 Å². The van der Waals surface area contributed by atoms with E-state index in [2.05, 4.69) is 20.9 Å². The molecule has 3 aromatic rings. The second-order valence-corrected chi connectivity index (χ2v) is 14.2. The van der Waals surface area contributed by atoms with Crippen LogP contribution in [0.2, 0.25) is 10.0 Å². The molecule has 1 aromatic heterocycles. The Balaban J connectivity index is 1.46. The number of carbonyl (C=O) groups excluding carboxylic acids is 2. The first kappa shape index (κ1) is 34.0. The van der Waals surface area contributed by atoms with Gasteiger partial charge in [-0.2, -0.15) is 4.31 Å². The molecule has 2 aromatic carbocycles. The fourth-order valence-corrected chi connectivity index (χ4v) is 8.17. The highest BCUT2D eigenvalue weighted by Crippen LogP contribution is 2.33. The predicted octanol–water partition coefficient (Wildman–Crippen LogP) is 4.86. The van der Waals surface area contributed by atoms with Gasteiger partial charge in [-0.25, -0.2) is 22.0 Å². The molecule has 246 valence electrons. The van der Waals surface area contributed by atoms with Crippen molar-refractivity contribution in [1.82, 2.24) is 19.9 Å². The summed E-state index contributed by atoms with van der Waals surface area (Å²) < 4.78 is 62.2. The number of benzene rings is 2. The maximum atomic E-state index is 15.3. The second kappa shape index (κ2) is 14.6. The predicted molar refractivity (Wildman–Crippen MR) is 170 cm³/mol. The molecule has 46 heavy (non-hydrogen) atoms.